The van der Waals surface area contributed by atoms with Crippen LogP contribution < -0.4 is 0 Å². The Morgan fingerprint density at radius 3 is 1.73 bits per heavy atom. The monoisotopic (exact) mass is 647 g/mol. The highest BCUT2D eigenvalue weighted by Gasteiger charge is 2.19. The molecule has 4 heterocycles. The first-order valence-corrected chi connectivity index (χ1v) is 17.8. The number of benzene rings is 7. The lowest BCUT2D eigenvalue weighted by Crippen LogP contribution is -1.93. The summed E-state index contributed by atoms with van der Waals surface area (Å²) in [7, 11) is 0. The summed E-state index contributed by atoms with van der Waals surface area (Å²) in [5, 5.41) is 8.64. The van der Waals surface area contributed by atoms with Gasteiger partial charge in [-0.05, 0) is 77.9 Å². The summed E-state index contributed by atoms with van der Waals surface area (Å²) in [6.07, 6.45) is 0. The van der Waals surface area contributed by atoms with E-state index >= 15 is 0 Å². The molecule has 0 bridgehead atoms. The van der Waals surface area contributed by atoms with Gasteiger partial charge in [0.25, 0.3) is 0 Å². The third-order valence-electron chi connectivity index (χ3n) is 9.77. The first-order chi connectivity index (χ1) is 23.8. The lowest BCUT2D eigenvalue weighted by molar-refractivity contribution is 1.15. The minimum atomic E-state index is 1.00. The average molecular weight is 648 g/mol. The Balaban J connectivity index is 1.11. The van der Waals surface area contributed by atoms with Crippen LogP contribution in [0.3, 0.4) is 0 Å². The summed E-state index contributed by atoms with van der Waals surface area (Å²) >= 11 is 3.65. The lowest BCUT2D eigenvalue weighted by Gasteiger charge is -2.08. The van der Waals surface area contributed by atoms with Gasteiger partial charge in [-0.3, -0.25) is 4.57 Å². The minimum absolute atomic E-state index is 1.00. The fourth-order valence-corrected chi connectivity index (χ4v) is 9.98. The summed E-state index contributed by atoms with van der Waals surface area (Å²) in [4.78, 5) is 5.25. The van der Waals surface area contributed by atoms with E-state index in [0.717, 1.165) is 10.6 Å². The lowest BCUT2D eigenvalue weighted by atomic mass is 10.0. The second-order valence-electron chi connectivity index (χ2n) is 12.4. The molecule has 48 heavy (non-hydrogen) atoms. The number of hydrogen-bond donors (Lipinski definition) is 0. The maximum absolute atomic E-state index is 5.25. The average Bonchev–Trinajstić information content (AvgIpc) is 3.90. The molecule has 11 aromatic rings. The molecule has 0 amide bonds. The van der Waals surface area contributed by atoms with Crippen LogP contribution in [0.25, 0.3) is 95.9 Å². The van der Waals surface area contributed by atoms with Gasteiger partial charge >= 0.3 is 0 Å². The molecule has 0 radical (unpaired) electrons. The van der Waals surface area contributed by atoms with Gasteiger partial charge in [0.05, 0.1) is 32.3 Å². The summed E-state index contributed by atoms with van der Waals surface area (Å²) in [6, 6.07) is 55.1. The molecule has 4 aromatic heterocycles. The summed E-state index contributed by atoms with van der Waals surface area (Å²) in [5.74, 6) is 0. The second kappa shape index (κ2) is 9.88. The maximum atomic E-state index is 5.25. The van der Waals surface area contributed by atoms with Crippen LogP contribution in [0.15, 0.2) is 152 Å². The van der Waals surface area contributed by atoms with Crippen molar-refractivity contribution in [2.24, 2.45) is 0 Å². The Morgan fingerprint density at radius 1 is 0.417 bits per heavy atom. The van der Waals surface area contributed by atoms with E-state index in [9.17, 15) is 0 Å². The van der Waals surface area contributed by atoms with E-state index in [1.165, 1.54) is 85.3 Å². The van der Waals surface area contributed by atoms with Crippen molar-refractivity contribution in [1.29, 1.82) is 0 Å². The number of thiazole rings is 1. The molecular formula is C43H25N3S2. The van der Waals surface area contributed by atoms with Crippen LogP contribution in [-0.2, 0) is 0 Å². The van der Waals surface area contributed by atoms with Crippen molar-refractivity contribution in [2.45, 2.75) is 0 Å². The van der Waals surface area contributed by atoms with Gasteiger partial charge in [0.15, 0.2) is 5.13 Å². The normalized spacial score (nSPS) is 12.2. The Morgan fingerprint density at radius 2 is 1.00 bits per heavy atom. The predicted molar refractivity (Wildman–Crippen MR) is 207 cm³/mol. The molecule has 11 rings (SSSR count). The molecule has 7 aromatic carbocycles. The third-order valence-corrected chi connectivity index (χ3v) is 12.0. The zero-order valence-corrected chi connectivity index (χ0v) is 27.2. The maximum Gasteiger partial charge on any atom is 0.195 e. The van der Waals surface area contributed by atoms with E-state index in [4.69, 9.17) is 4.98 Å². The fourth-order valence-electron chi connectivity index (χ4n) is 7.64. The molecular weight excluding hydrogens is 623 g/mol. The number of hydrogen-bond acceptors (Lipinski definition) is 3. The van der Waals surface area contributed by atoms with Gasteiger partial charge in [0, 0.05) is 47.4 Å². The van der Waals surface area contributed by atoms with Crippen LogP contribution in [0, 0.1) is 0 Å². The molecule has 224 valence electrons. The molecule has 0 fully saturated rings. The van der Waals surface area contributed by atoms with Gasteiger partial charge in [-0.25, -0.2) is 4.98 Å². The topological polar surface area (TPSA) is 22.8 Å². The molecule has 0 aliphatic heterocycles. The van der Waals surface area contributed by atoms with Crippen LogP contribution in [0.1, 0.15) is 0 Å². The van der Waals surface area contributed by atoms with Crippen LogP contribution >= 0.6 is 22.7 Å². The number of fused-ring (bicyclic) bond motifs is 11. The number of rotatable bonds is 3. The van der Waals surface area contributed by atoms with Crippen molar-refractivity contribution in [3.8, 4) is 21.9 Å². The van der Waals surface area contributed by atoms with Crippen molar-refractivity contribution in [3.63, 3.8) is 0 Å². The molecule has 0 atom stereocenters. The molecule has 0 saturated carbocycles. The van der Waals surface area contributed by atoms with Crippen LogP contribution in [0.2, 0.25) is 0 Å². The van der Waals surface area contributed by atoms with Crippen molar-refractivity contribution in [3.05, 3.63) is 152 Å². The third kappa shape index (κ3) is 3.66. The molecule has 3 nitrogen and oxygen atoms in total. The molecule has 0 saturated heterocycles. The molecule has 0 unspecified atom stereocenters. The largest absolute Gasteiger partial charge is 0.309 e. The highest BCUT2D eigenvalue weighted by Crippen LogP contribution is 2.43. The highest BCUT2D eigenvalue weighted by atomic mass is 32.1. The van der Waals surface area contributed by atoms with Crippen LogP contribution in [0.4, 0.5) is 0 Å². The van der Waals surface area contributed by atoms with Gasteiger partial charge < -0.3 is 4.57 Å². The number of nitrogens with zero attached hydrogens (tertiary/aromatic N) is 3. The summed E-state index contributed by atoms with van der Waals surface area (Å²) in [5.41, 5.74) is 9.43. The summed E-state index contributed by atoms with van der Waals surface area (Å²) in [6.45, 7) is 0. The molecule has 0 N–H and O–H groups in total. The van der Waals surface area contributed by atoms with E-state index in [2.05, 4.69) is 161 Å². The van der Waals surface area contributed by atoms with Crippen LogP contribution in [0.5, 0.6) is 0 Å². The predicted octanol–water partition coefficient (Wildman–Crippen LogP) is 12.5. The standard InChI is InChI=1S/C43H25N3S2/c1-2-10-28(11-3-1)45-35-15-7-4-12-29(35)32-24-26(18-21-37(32)45)27-19-22-38-33(25-27)30-13-5-8-16-36(30)46(38)43-44-34-20-23-40-41(42(34)48-43)31-14-6-9-17-39(31)47-40/h1-25H. The van der Waals surface area contributed by atoms with Gasteiger partial charge in [-0.2, -0.15) is 0 Å². The number of aromatic nitrogens is 3. The van der Waals surface area contributed by atoms with Gasteiger partial charge in [-0.1, -0.05) is 96.3 Å². The van der Waals surface area contributed by atoms with Gasteiger partial charge in [0.1, 0.15) is 0 Å². The number of para-hydroxylation sites is 3. The first-order valence-electron chi connectivity index (χ1n) is 16.1. The van der Waals surface area contributed by atoms with Crippen molar-refractivity contribution in [2.75, 3.05) is 0 Å². The molecule has 0 aliphatic rings. The fraction of sp³-hybridized carbons (Fsp3) is 0. The molecule has 0 aliphatic carbocycles. The quantitative estimate of drug-likeness (QED) is 0.187. The van der Waals surface area contributed by atoms with E-state index in [0.29, 0.717) is 0 Å². The van der Waals surface area contributed by atoms with Crippen molar-refractivity contribution in [1.82, 2.24) is 14.1 Å². The van der Waals surface area contributed by atoms with Gasteiger partial charge in [0.2, 0.25) is 0 Å². The van der Waals surface area contributed by atoms with Crippen LogP contribution in [-0.4, -0.2) is 14.1 Å². The Kier molecular flexibility index (Phi) is 5.42. The smallest absolute Gasteiger partial charge is 0.195 e. The van der Waals surface area contributed by atoms with E-state index in [-0.39, 0.29) is 0 Å². The van der Waals surface area contributed by atoms with Crippen molar-refractivity contribution >= 4 is 96.7 Å². The molecule has 0 spiro atoms. The zero-order valence-electron chi connectivity index (χ0n) is 25.6. The SMILES string of the molecule is c1ccc(-n2c3ccccc3c3cc(-c4ccc5c(c4)c4ccccc4n5-c4nc5ccc6sc7ccccc7c6c5s4)ccc32)cc1. The first kappa shape index (κ1) is 26.3. The zero-order chi connectivity index (χ0) is 31.3. The Labute approximate surface area is 283 Å². The highest BCUT2D eigenvalue weighted by molar-refractivity contribution is 7.28. The second-order valence-corrected chi connectivity index (χ2v) is 14.4. The van der Waals surface area contributed by atoms with Gasteiger partial charge in [-0.15, -0.1) is 11.3 Å². The van der Waals surface area contributed by atoms with E-state index < -0.39 is 0 Å². The molecule has 5 heteroatoms. The Hall–Kier alpha value is -5.75. The van der Waals surface area contributed by atoms with Crippen molar-refractivity contribution < 1.29 is 0 Å². The Bertz CT molecular complexity index is 3070. The van der Waals surface area contributed by atoms with E-state index in [1.807, 2.05) is 11.3 Å². The number of thiophene rings is 1. The summed E-state index contributed by atoms with van der Waals surface area (Å²) < 4.78 is 8.62. The minimum Gasteiger partial charge on any atom is -0.309 e. The van der Waals surface area contributed by atoms with E-state index in [1.54, 1.807) is 11.3 Å².